The second-order valence-corrected chi connectivity index (χ2v) is 5.71. The summed E-state index contributed by atoms with van der Waals surface area (Å²) >= 11 is 1.65. The van der Waals surface area contributed by atoms with Gasteiger partial charge >= 0.3 is 0 Å². The lowest BCUT2D eigenvalue weighted by Gasteiger charge is -2.08. The number of anilines is 1. The van der Waals surface area contributed by atoms with Crippen molar-refractivity contribution in [1.29, 1.82) is 0 Å². The number of aromatic nitrogens is 4. The zero-order valence-electron chi connectivity index (χ0n) is 12.5. The summed E-state index contributed by atoms with van der Waals surface area (Å²) in [6.45, 7) is 3.41. The van der Waals surface area contributed by atoms with Crippen molar-refractivity contribution < 1.29 is 4.79 Å². The highest BCUT2D eigenvalue weighted by Gasteiger charge is 2.11. The first kappa shape index (κ1) is 14.5. The van der Waals surface area contributed by atoms with Crippen molar-refractivity contribution in [2.45, 2.75) is 18.7 Å². The van der Waals surface area contributed by atoms with Crippen molar-refractivity contribution in [2.75, 3.05) is 11.6 Å². The summed E-state index contributed by atoms with van der Waals surface area (Å²) in [5, 5.41) is 6.93. The standard InChI is InChI=1S/C15H15N5OS/c1-9-13(11-6-12(22-3)8-16-7-11)4-5-14-18-15(17-10(2)21)19-20(9)14/h4-8H,1-3H3,(H,17,19,21). The molecule has 3 aromatic rings. The molecule has 1 amide bonds. The van der Waals surface area contributed by atoms with Gasteiger partial charge in [-0.05, 0) is 31.4 Å². The topological polar surface area (TPSA) is 72.2 Å². The third-order valence-corrected chi connectivity index (χ3v) is 3.98. The first-order chi connectivity index (χ1) is 10.6. The molecule has 0 aliphatic rings. The van der Waals surface area contributed by atoms with Gasteiger partial charge in [0.15, 0.2) is 5.65 Å². The summed E-state index contributed by atoms with van der Waals surface area (Å²) < 4.78 is 1.73. The van der Waals surface area contributed by atoms with E-state index in [0.29, 0.717) is 11.6 Å². The summed E-state index contributed by atoms with van der Waals surface area (Å²) in [6.07, 6.45) is 5.69. The maximum atomic E-state index is 11.1. The summed E-state index contributed by atoms with van der Waals surface area (Å²) in [5.74, 6) is 0.120. The van der Waals surface area contributed by atoms with E-state index in [0.717, 1.165) is 21.7 Å². The normalized spacial score (nSPS) is 10.9. The van der Waals surface area contributed by atoms with E-state index in [1.54, 1.807) is 16.3 Å². The predicted octanol–water partition coefficient (Wildman–Crippen LogP) is 2.78. The fourth-order valence-corrected chi connectivity index (χ4v) is 2.68. The Kier molecular flexibility index (Phi) is 3.81. The van der Waals surface area contributed by atoms with Crippen LogP contribution in [0.1, 0.15) is 12.6 Å². The molecule has 1 N–H and O–H groups in total. The van der Waals surface area contributed by atoms with Gasteiger partial charge in [-0.25, -0.2) is 4.52 Å². The molecule has 3 rings (SSSR count). The molecule has 0 saturated heterocycles. The second kappa shape index (κ2) is 5.76. The zero-order valence-corrected chi connectivity index (χ0v) is 13.3. The van der Waals surface area contributed by atoms with E-state index in [1.807, 2.05) is 37.7 Å². The van der Waals surface area contributed by atoms with E-state index in [-0.39, 0.29) is 5.91 Å². The minimum Gasteiger partial charge on any atom is -0.293 e. The van der Waals surface area contributed by atoms with Crippen LogP contribution in [0.2, 0.25) is 0 Å². The summed E-state index contributed by atoms with van der Waals surface area (Å²) in [5.41, 5.74) is 3.71. The van der Waals surface area contributed by atoms with Crippen LogP contribution in [0.5, 0.6) is 0 Å². The first-order valence-electron chi connectivity index (χ1n) is 6.72. The summed E-state index contributed by atoms with van der Waals surface area (Å²) in [7, 11) is 0. The molecule has 0 saturated carbocycles. The van der Waals surface area contributed by atoms with Crippen LogP contribution in [0.3, 0.4) is 0 Å². The number of hydrogen-bond donors (Lipinski definition) is 1. The van der Waals surface area contributed by atoms with Gasteiger partial charge in [0.05, 0.1) is 0 Å². The lowest BCUT2D eigenvalue weighted by molar-refractivity contribution is -0.114. The molecule has 112 valence electrons. The molecule has 0 atom stereocenters. The van der Waals surface area contributed by atoms with Gasteiger partial charge in [0.2, 0.25) is 11.9 Å². The Hall–Kier alpha value is -2.41. The van der Waals surface area contributed by atoms with Gasteiger partial charge in [0, 0.05) is 41.0 Å². The van der Waals surface area contributed by atoms with Crippen LogP contribution in [0.15, 0.2) is 35.5 Å². The van der Waals surface area contributed by atoms with Crippen molar-refractivity contribution >= 4 is 29.3 Å². The van der Waals surface area contributed by atoms with E-state index >= 15 is 0 Å². The number of nitrogens with zero attached hydrogens (tertiary/aromatic N) is 4. The lowest BCUT2D eigenvalue weighted by Crippen LogP contribution is -2.07. The number of nitrogens with one attached hydrogen (secondary N) is 1. The highest BCUT2D eigenvalue weighted by molar-refractivity contribution is 7.98. The SMILES string of the molecule is CSc1cncc(-c2ccc3nc(NC(C)=O)nn3c2C)c1. The maximum absolute atomic E-state index is 11.1. The number of aryl methyl sites for hydroxylation is 1. The summed E-state index contributed by atoms with van der Waals surface area (Å²) in [4.78, 5) is 20.8. The van der Waals surface area contributed by atoms with Crippen molar-refractivity contribution in [2.24, 2.45) is 0 Å². The zero-order chi connectivity index (χ0) is 15.7. The Bertz CT molecular complexity index is 858. The third kappa shape index (κ3) is 2.67. The molecule has 22 heavy (non-hydrogen) atoms. The molecule has 0 spiro atoms. The largest absolute Gasteiger partial charge is 0.293 e. The summed E-state index contributed by atoms with van der Waals surface area (Å²) in [6, 6.07) is 5.97. The molecular weight excluding hydrogens is 298 g/mol. The first-order valence-corrected chi connectivity index (χ1v) is 7.94. The van der Waals surface area contributed by atoms with Gasteiger partial charge in [-0.15, -0.1) is 16.9 Å². The van der Waals surface area contributed by atoms with Crippen LogP contribution >= 0.6 is 11.8 Å². The maximum Gasteiger partial charge on any atom is 0.249 e. The Balaban J connectivity index is 2.11. The van der Waals surface area contributed by atoms with E-state index in [1.165, 1.54) is 6.92 Å². The Morgan fingerprint density at radius 2 is 2.14 bits per heavy atom. The highest BCUT2D eigenvalue weighted by atomic mass is 32.2. The fraction of sp³-hybridized carbons (Fsp3) is 0.200. The quantitative estimate of drug-likeness (QED) is 0.753. The van der Waals surface area contributed by atoms with Gasteiger partial charge in [0.25, 0.3) is 0 Å². The van der Waals surface area contributed by atoms with Gasteiger partial charge in [-0.2, -0.15) is 4.98 Å². The predicted molar refractivity (Wildman–Crippen MR) is 87.0 cm³/mol. The molecule has 0 aliphatic heterocycles. The van der Waals surface area contributed by atoms with Crippen LogP contribution in [0.4, 0.5) is 5.95 Å². The van der Waals surface area contributed by atoms with Crippen LogP contribution in [0.25, 0.3) is 16.8 Å². The van der Waals surface area contributed by atoms with E-state index < -0.39 is 0 Å². The highest BCUT2D eigenvalue weighted by Crippen LogP contribution is 2.26. The van der Waals surface area contributed by atoms with Crippen LogP contribution in [-0.2, 0) is 4.79 Å². The molecule has 0 aromatic carbocycles. The monoisotopic (exact) mass is 313 g/mol. The minimum absolute atomic E-state index is 0.189. The van der Waals surface area contributed by atoms with Gasteiger partial charge in [-0.1, -0.05) is 0 Å². The number of thioether (sulfide) groups is 1. The number of pyridine rings is 2. The smallest absolute Gasteiger partial charge is 0.249 e. The molecule has 3 aromatic heterocycles. The molecule has 0 radical (unpaired) electrons. The molecule has 7 heteroatoms. The molecule has 0 unspecified atom stereocenters. The molecule has 6 nitrogen and oxygen atoms in total. The number of amides is 1. The van der Waals surface area contributed by atoms with Crippen molar-refractivity contribution in [1.82, 2.24) is 19.6 Å². The molecule has 0 fully saturated rings. The average molecular weight is 313 g/mol. The third-order valence-electron chi connectivity index (χ3n) is 3.29. The van der Waals surface area contributed by atoms with Gasteiger partial charge < -0.3 is 0 Å². The van der Waals surface area contributed by atoms with E-state index in [9.17, 15) is 4.79 Å². The Morgan fingerprint density at radius 3 is 2.86 bits per heavy atom. The molecule has 0 aliphatic carbocycles. The van der Waals surface area contributed by atoms with E-state index in [2.05, 4.69) is 26.4 Å². The molecule has 3 heterocycles. The lowest BCUT2D eigenvalue weighted by atomic mass is 10.1. The van der Waals surface area contributed by atoms with Gasteiger partial charge in [-0.3, -0.25) is 15.1 Å². The van der Waals surface area contributed by atoms with Crippen molar-refractivity contribution in [3.8, 4) is 11.1 Å². The van der Waals surface area contributed by atoms with Crippen LogP contribution in [0, 0.1) is 6.92 Å². The number of rotatable bonds is 3. The molecular formula is C15H15N5OS. The number of carbonyl (C=O) groups excluding carboxylic acids is 1. The minimum atomic E-state index is -0.189. The van der Waals surface area contributed by atoms with Crippen molar-refractivity contribution in [3.05, 3.63) is 36.3 Å². The Labute approximate surface area is 132 Å². The number of fused-ring (bicyclic) bond motifs is 1. The second-order valence-electron chi connectivity index (χ2n) is 4.83. The fourth-order valence-electron chi connectivity index (χ4n) is 2.26. The average Bonchev–Trinajstić information content (AvgIpc) is 2.90. The van der Waals surface area contributed by atoms with E-state index in [4.69, 9.17) is 0 Å². The van der Waals surface area contributed by atoms with Crippen molar-refractivity contribution in [3.63, 3.8) is 0 Å². The van der Waals surface area contributed by atoms with Crippen LogP contribution < -0.4 is 5.32 Å². The Morgan fingerprint density at radius 1 is 1.32 bits per heavy atom. The van der Waals surface area contributed by atoms with Crippen LogP contribution in [-0.4, -0.2) is 31.7 Å². The molecule has 0 bridgehead atoms. The number of hydrogen-bond acceptors (Lipinski definition) is 5. The van der Waals surface area contributed by atoms with Gasteiger partial charge in [0.1, 0.15) is 0 Å². The number of carbonyl (C=O) groups is 1.